The fourth-order valence-corrected chi connectivity index (χ4v) is 10.2. The molecule has 2 aromatic carbocycles. The molecule has 0 atom stereocenters. The summed E-state index contributed by atoms with van der Waals surface area (Å²) < 4.78 is 15.1. The van der Waals surface area contributed by atoms with E-state index in [4.69, 9.17) is 0 Å². The van der Waals surface area contributed by atoms with Crippen molar-refractivity contribution in [2.24, 2.45) is 11.8 Å². The summed E-state index contributed by atoms with van der Waals surface area (Å²) >= 11 is 0. The largest absolute Gasteiger partial charge is 0.206 e. The molecule has 4 rings (SSSR count). The monoisotopic (exact) mass is 464 g/mol. The SMILES string of the molecule is CCCCC[SiH]1CCC([C@H]2CC[C@H](c3ccc(-c4ccc(CCC)cc4)c(F)c3)CC2)CC1. The zero-order chi connectivity index (χ0) is 23.0. The molecule has 0 spiro atoms. The Morgan fingerprint density at radius 3 is 2.12 bits per heavy atom. The zero-order valence-corrected chi connectivity index (χ0v) is 22.3. The van der Waals surface area contributed by atoms with Crippen LogP contribution in [0.3, 0.4) is 0 Å². The normalized spacial score (nSPS) is 25.8. The van der Waals surface area contributed by atoms with E-state index in [0.29, 0.717) is 5.92 Å². The predicted octanol–water partition coefficient (Wildman–Crippen LogP) is 9.55. The van der Waals surface area contributed by atoms with E-state index in [1.807, 2.05) is 12.1 Å². The van der Waals surface area contributed by atoms with Gasteiger partial charge in [-0.15, -0.1) is 0 Å². The van der Waals surface area contributed by atoms with Crippen molar-refractivity contribution >= 4 is 8.80 Å². The van der Waals surface area contributed by atoms with Gasteiger partial charge in [0.15, 0.2) is 0 Å². The molecular weight excluding hydrogens is 419 g/mol. The third-order valence-electron chi connectivity index (χ3n) is 8.81. The molecule has 1 heterocycles. The molecule has 0 N–H and O–H groups in total. The van der Waals surface area contributed by atoms with E-state index in [-0.39, 0.29) is 5.82 Å². The minimum absolute atomic E-state index is 0.0516. The number of hydrogen-bond donors (Lipinski definition) is 0. The second-order valence-corrected chi connectivity index (χ2v) is 14.5. The van der Waals surface area contributed by atoms with Gasteiger partial charge in [0, 0.05) is 14.4 Å². The lowest BCUT2D eigenvalue weighted by Crippen LogP contribution is -2.28. The van der Waals surface area contributed by atoms with Crippen molar-refractivity contribution in [3.63, 3.8) is 0 Å². The topological polar surface area (TPSA) is 0 Å². The van der Waals surface area contributed by atoms with Crippen molar-refractivity contribution in [2.45, 2.75) is 109 Å². The van der Waals surface area contributed by atoms with E-state index in [9.17, 15) is 0 Å². The molecule has 2 fully saturated rings. The van der Waals surface area contributed by atoms with Gasteiger partial charge in [-0.3, -0.25) is 0 Å². The van der Waals surface area contributed by atoms with Crippen LogP contribution < -0.4 is 0 Å². The second-order valence-electron chi connectivity index (χ2n) is 11.1. The van der Waals surface area contributed by atoms with Crippen molar-refractivity contribution in [1.82, 2.24) is 0 Å². The molecule has 0 bridgehead atoms. The average molecular weight is 465 g/mol. The van der Waals surface area contributed by atoms with Crippen molar-refractivity contribution in [3.05, 3.63) is 59.4 Å². The summed E-state index contributed by atoms with van der Waals surface area (Å²) in [6, 6.07) is 19.4. The maximum absolute atomic E-state index is 15.1. The highest BCUT2D eigenvalue weighted by Gasteiger charge is 2.31. The van der Waals surface area contributed by atoms with Crippen LogP contribution in [0.1, 0.15) is 95.1 Å². The molecule has 1 saturated carbocycles. The Hall–Kier alpha value is -1.41. The van der Waals surface area contributed by atoms with Gasteiger partial charge in [-0.2, -0.15) is 0 Å². The number of halogens is 1. The molecule has 0 aromatic heterocycles. The summed E-state index contributed by atoms with van der Waals surface area (Å²) in [6.45, 7) is 4.52. The molecule has 2 aliphatic rings. The van der Waals surface area contributed by atoms with Crippen molar-refractivity contribution in [2.75, 3.05) is 0 Å². The number of rotatable bonds is 9. The third-order valence-corrected chi connectivity index (χ3v) is 12.3. The van der Waals surface area contributed by atoms with Gasteiger partial charge in [-0.25, -0.2) is 4.39 Å². The second kappa shape index (κ2) is 12.3. The molecule has 0 radical (unpaired) electrons. The van der Waals surface area contributed by atoms with Crippen molar-refractivity contribution in [3.8, 4) is 11.1 Å². The highest BCUT2D eigenvalue weighted by molar-refractivity contribution is 6.58. The van der Waals surface area contributed by atoms with E-state index in [2.05, 4.69) is 44.2 Å². The Labute approximate surface area is 204 Å². The van der Waals surface area contributed by atoms with Crippen LogP contribution in [-0.4, -0.2) is 8.80 Å². The number of hydrogen-bond acceptors (Lipinski definition) is 0. The predicted molar refractivity (Wildman–Crippen MR) is 144 cm³/mol. The fraction of sp³-hybridized carbons (Fsp3) is 0.613. The van der Waals surface area contributed by atoms with Crippen molar-refractivity contribution in [1.29, 1.82) is 0 Å². The summed E-state index contributed by atoms with van der Waals surface area (Å²) in [6.07, 6.45) is 14.8. The number of unbranched alkanes of at least 4 members (excludes halogenated alkanes) is 2. The summed E-state index contributed by atoms with van der Waals surface area (Å²) in [5, 5.41) is 0. The Bertz CT molecular complexity index is 842. The smallest absolute Gasteiger partial charge is 0.131 e. The van der Waals surface area contributed by atoms with Crippen molar-refractivity contribution < 1.29 is 4.39 Å². The molecule has 0 nitrogen and oxygen atoms in total. The van der Waals surface area contributed by atoms with Gasteiger partial charge >= 0.3 is 0 Å². The van der Waals surface area contributed by atoms with E-state index in [1.54, 1.807) is 18.1 Å². The van der Waals surface area contributed by atoms with Crippen LogP contribution in [0, 0.1) is 17.7 Å². The fourth-order valence-electron chi connectivity index (χ4n) is 6.71. The lowest BCUT2D eigenvalue weighted by atomic mass is 9.72. The van der Waals surface area contributed by atoms with Gasteiger partial charge in [0.05, 0.1) is 0 Å². The molecule has 2 aromatic rings. The maximum Gasteiger partial charge on any atom is 0.131 e. The Balaban J connectivity index is 1.28. The van der Waals surface area contributed by atoms with Gasteiger partial charge < -0.3 is 0 Å². The first-order valence-electron chi connectivity index (χ1n) is 14.1. The van der Waals surface area contributed by atoms with Gasteiger partial charge in [0.1, 0.15) is 5.82 Å². The molecule has 1 aliphatic carbocycles. The first kappa shape index (κ1) is 24.7. The first-order valence-corrected chi connectivity index (χ1v) is 16.5. The third kappa shape index (κ3) is 6.59. The van der Waals surface area contributed by atoms with E-state index < -0.39 is 8.80 Å². The lowest BCUT2D eigenvalue weighted by molar-refractivity contribution is 0.216. The lowest BCUT2D eigenvalue weighted by Gasteiger charge is -2.37. The van der Waals surface area contributed by atoms with Crippen LogP contribution in [-0.2, 0) is 6.42 Å². The summed E-state index contributed by atoms with van der Waals surface area (Å²) in [7, 11) is -0.397. The number of benzene rings is 2. The molecule has 0 unspecified atom stereocenters. The van der Waals surface area contributed by atoms with Crippen LogP contribution in [0.2, 0.25) is 18.1 Å². The van der Waals surface area contributed by atoms with Crippen LogP contribution in [0.4, 0.5) is 4.39 Å². The van der Waals surface area contributed by atoms with Gasteiger partial charge in [-0.1, -0.05) is 107 Å². The highest BCUT2D eigenvalue weighted by Crippen LogP contribution is 2.44. The molecule has 1 aliphatic heterocycles. The Kier molecular flexibility index (Phi) is 9.24. The quantitative estimate of drug-likeness (QED) is 0.256. The molecule has 33 heavy (non-hydrogen) atoms. The summed E-state index contributed by atoms with van der Waals surface area (Å²) in [4.78, 5) is 0. The van der Waals surface area contributed by atoms with E-state index >= 15 is 4.39 Å². The summed E-state index contributed by atoms with van der Waals surface area (Å²) in [5.74, 6) is 2.44. The van der Waals surface area contributed by atoms with Crippen LogP contribution >= 0.6 is 0 Å². The average Bonchev–Trinajstić information content (AvgIpc) is 2.86. The van der Waals surface area contributed by atoms with Gasteiger partial charge in [0.25, 0.3) is 0 Å². The number of aryl methyl sites for hydroxylation is 1. The maximum atomic E-state index is 15.1. The molecule has 180 valence electrons. The van der Waals surface area contributed by atoms with Crippen LogP contribution in [0.5, 0.6) is 0 Å². The Morgan fingerprint density at radius 2 is 1.48 bits per heavy atom. The first-order chi connectivity index (χ1) is 16.2. The van der Waals surface area contributed by atoms with Gasteiger partial charge in [-0.05, 0) is 72.6 Å². The van der Waals surface area contributed by atoms with Crippen LogP contribution in [0.25, 0.3) is 11.1 Å². The van der Waals surface area contributed by atoms with Crippen LogP contribution in [0.15, 0.2) is 42.5 Å². The molecule has 0 amide bonds. The molecular formula is C31H45FSi. The Morgan fingerprint density at radius 1 is 0.788 bits per heavy atom. The minimum Gasteiger partial charge on any atom is -0.206 e. The molecule has 1 saturated heterocycles. The standard InChI is InChI=1S/C31H45FSi/c1-3-5-6-20-33-21-18-27(19-22-33)25-12-14-26(15-13-25)29-16-17-30(31(32)23-29)28-10-8-24(7-4-2)9-11-28/h8-11,16-17,23,25-27,33H,3-7,12-15,18-22H2,1-2H3/t25-,26-,27?,33?. The minimum atomic E-state index is -0.397. The van der Waals surface area contributed by atoms with E-state index in [1.165, 1.54) is 68.9 Å². The summed E-state index contributed by atoms with van der Waals surface area (Å²) in [5.41, 5.74) is 4.30. The van der Waals surface area contributed by atoms with Gasteiger partial charge in [0.2, 0.25) is 0 Å². The highest BCUT2D eigenvalue weighted by atomic mass is 28.3. The van der Waals surface area contributed by atoms with E-state index in [0.717, 1.165) is 35.8 Å². The molecule has 2 heteroatoms. The zero-order valence-electron chi connectivity index (χ0n) is 21.1.